The highest BCUT2D eigenvalue weighted by Crippen LogP contribution is 2.22. The predicted molar refractivity (Wildman–Crippen MR) is 201 cm³/mol. The van der Waals surface area contributed by atoms with E-state index >= 15 is 0 Å². The van der Waals surface area contributed by atoms with Gasteiger partial charge in [0.15, 0.2) is 6.29 Å². The lowest BCUT2D eigenvalue weighted by Gasteiger charge is -2.39. The summed E-state index contributed by atoms with van der Waals surface area (Å²) >= 11 is 0. The number of carbonyl (C=O) groups is 1. The van der Waals surface area contributed by atoms with E-state index in [0.29, 0.717) is 13.0 Å². The van der Waals surface area contributed by atoms with Gasteiger partial charge in [-0.1, -0.05) is 145 Å². The zero-order valence-electron chi connectivity index (χ0n) is 31.1. The van der Waals surface area contributed by atoms with Crippen molar-refractivity contribution in [2.45, 2.75) is 166 Å². The second-order valence-corrected chi connectivity index (χ2v) is 13.0. The molecule has 1 fully saturated rings. The fourth-order valence-corrected chi connectivity index (χ4v) is 5.45. The van der Waals surface area contributed by atoms with Crippen LogP contribution in [0.15, 0.2) is 60.8 Å². The highest BCUT2D eigenvalue weighted by atomic mass is 16.7. The Morgan fingerprint density at radius 1 is 0.640 bits per heavy atom. The van der Waals surface area contributed by atoms with Crippen LogP contribution < -0.4 is 0 Å². The Morgan fingerprint density at radius 2 is 1.14 bits per heavy atom. The maximum atomic E-state index is 12.6. The smallest absolute Gasteiger partial charge is 0.310 e. The first-order chi connectivity index (χ1) is 24.4. The van der Waals surface area contributed by atoms with E-state index in [9.17, 15) is 25.2 Å². The van der Waals surface area contributed by atoms with E-state index in [1.807, 2.05) is 6.08 Å². The summed E-state index contributed by atoms with van der Waals surface area (Å²) in [4.78, 5) is 12.6. The molecule has 0 aromatic rings. The molecule has 50 heavy (non-hydrogen) atoms. The third-order valence-electron chi connectivity index (χ3n) is 8.48. The van der Waals surface area contributed by atoms with E-state index in [1.54, 1.807) is 6.08 Å². The molecule has 0 radical (unpaired) electrons. The number of hydrogen-bond donors (Lipinski definition) is 4. The SMILES string of the molecule is CC/C=C\C/C=C\C/C=C\C/C=C\C/C=C\CC(=O)OC(COCCCCCCCCCCCCCC)COC1OC(CO)C(O)C(O)C1O. The number of carbonyl (C=O) groups excluding carboxylic acids is 1. The lowest BCUT2D eigenvalue weighted by molar-refractivity contribution is -0.305. The van der Waals surface area contributed by atoms with Gasteiger partial charge in [0.05, 0.1) is 26.2 Å². The Hall–Kier alpha value is -2.11. The highest BCUT2D eigenvalue weighted by molar-refractivity contribution is 5.71. The van der Waals surface area contributed by atoms with Gasteiger partial charge in [0, 0.05) is 6.61 Å². The molecule has 0 bridgehead atoms. The number of aliphatic hydroxyl groups is 4. The quantitative estimate of drug-likeness (QED) is 0.0327. The van der Waals surface area contributed by atoms with Crippen LogP contribution in [0.1, 0.15) is 129 Å². The van der Waals surface area contributed by atoms with Gasteiger partial charge >= 0.3 is 5.97 Å². The first-order valence-corrected chi connectivity index (χ1v) is 19.4. The van der Waals surface area contributed by atoms with Gasteiger partial charge in [-0.2, -0.15) is 0 Å². The fraction of sp³-hybridized carbons (Fsp3) is 0.732. The molecule has 1 heterocycles. The van der Waals surface area contributed by atoms with Crippen molar-refractivity contribution in [3.05, 3.63) is 60.8 Å². The number of esters is 1. The summed E-state index contributed by atoms with van der Waals surface area (Å²) in [7, 11) is 0. The molecule has 0 saturated carbocycles. The Bertz CT molecular complexity index is 942. The van der Waals surface area contributed by atoms with Crippen molar-refractivity contribution in [1.29, 1.82) is 0 Å². The van der Waals surface area contributed by atoms with Crippen molar-refractivity contribution in [2.75, 3.05) is 26.4 Å². The third kappa shape index (κ3) is 24.1. The zero-order valence-corrected chi connectivity index (χ0v) is 31.1. The molecular formula is C41H70O9. The Balaban J connectivity index is 2.41. The molecule has 0 aromatic heterocycles. The van der Waals surface area contributed by atoms with Crippen LogP contribution in [0.3, 0.4) is 0 Å². The second kappa shape index (κ2) is 32.8. The Kier molecular flexibility index (Phi) is 30.1. The number of rotatable bonds is 31. The largest absolute Gasteiger partial charge is 0.457 e. The molecule has 1 aliphatic heterocycles. The van der Waals surface area contributed by atoms with Crippen LogP contribution in [0, 0.1) is 0 Å². The predicted octanol–water partition coefficient (Wildman–Crippen LogP) is 7.57. The minimum Gasteiger partial charge on any atom is -0.457 e. The van der Waals surface area contributed by atoms with Crippen LogP contribution in [-0.2, 0) is 23.7 Å². The van der Waals surface area contributed by atoms with Gasteiger partial charge in [0.2, 0.25) is 0 Å². The van der Waals surface area contributed by atoms with E-state index < -0.39 is 49.4 Å². The zero-order chi connectivity index (χ0) is 36.5. The van der Waals surface area contributed by atoms with E-state index in [1.165, 1.54) is 64.2 Å². The maximum absolute atomic E-state index is 12.6. The summed E-state index contributed by atoms with van der Waals surface area (Å²) in [5.41, 5.74) is 0. The molecule has 0 aliphatic carbocycles. The van der Waals surface area contributed by atoms with E-state index in [2.05, 4.69) is 62.5 Å². The summed E-state index contributed by atoms with van der Waals surface area (Å²) in [6.45, 7) is 4.30. The van der Waals surface area contributed by atoms with Crippen LogP contribution in [0.25, 0.3) is 0 Å². The fourth-order valence-electron chi connectivity index (χ4n) is 5.45. The number of aliphatic hydroxyl groups excluding tert-OH is 4. The third-order valence-corrected chi connectivity index (χ3v) is 8.48. The van der Waals surface area contributed by atoms with Crippen LogP contribution >= 0.6 is 0 Å². The second-order valence-electron chi connectivity index (χ2n) is 13.0. The molecule has 288 valence electrons. The van der Waals surface area contributed by atoms with Gasteiger partial charge in [-0.05, 0) is 38.5 Å². The van der Waals surface area contributed by atoms with Crippen molar-refractivity contribution in [3.63, 3.8) is 0 Å². The van der Waals surface area contributed by atoms with Crippen molar-refractivity contribution >= 4 is 5.97 Å². The lowest BCUT2D eigenvalue weighted by Crippen LogP contribution is -2.59. The van der Waals surface area contributed by atoms with Gasteiger partial charge in [-0.3, -0.25) is 4.79 Å². The first kappa shape index (κ1) is 45.9. The van der Waals surface area contributed by atoms with Gasteiger partial charge < -0.3 is 39.4 Å². The summed E-state index contributed by atoms with van der Waals surface area (Å²) in [6.07, 6.45) is 32.7. The van der Waals surface area contributed by atoms with Crippen LogP contribution in [0.4, 0.5) is 0 Å². The van der Waals surface area contributed by atoms with E-state index in [4.69, 9.17) is 18.9 Å². The van der Waals surface area contributed by atoms with E-state index in [0.717, 1.165) is 38.5 Å². The standard InChI is InChI=1S/C41H70O9/c1-3-5-7-9-11-13-15-17-18-19-20-22-24-26-28-30-37(43)49-35(34-48-41-40(46)39(45)38(44)36(32-42)50-41)33-47-31-29-27-25-23-21-16-14-12-10-8-6-4-2/h5,7,11,13,17-18,20,22,26,28,35-36,38-42,44-46H,3-4,6,8-10,12,14-16,19,21,23-25,27,29-34H2,1-2H3/b7-5-,13-11-,18-17-,22-20-,28-26-. The van der Waals surface area contributed by atoms with Gasteiger partial charge in [-0.15, -0.1) is 0 Å². The molecule has 6 atom stereocenters. The van der Waals surface area contributed by atoms with Crippen molar-refractivity contribution in [2.24, 2.45) is 0 Å². The average molecular weight is 707 g/mol. The lowest BCUT2D eigenvalue weighted by atomic mass is 9.99. The van der Waals surface area contributed by atoms with Crippen LogP contribution in [0.2, 0.25) is 0 Å². The van der Waals surface area contributed by atoms with Crippen molar-refractivity contribution in [3.8, 4) is 0 Å². The van der Waals surface area contributed by atoms with Crippen LogP contribution in [0.5, 0.6) is 0 Å². The number of allylic oxidation sites excluding steroid dienone is 9. The summed E-state index contributed by atoms with van der Waals surface area (Å²) in [5, 5.41) is 39.9. The summed E-state index contributed by atoms with van der Waals surface area (Å²) in [5.74, 6) is -0.442. The molecule has 6 unspecified atom stereocenters. The average Bonchev–Trinajstić information content (AvgIpc) is 3.11. The molecule has 1 rings (SSSR count). The number of hydrogen-bond acceptors (Lipinski definition) is 9. The van der Waals surface area contributed by atoms with Crippen LogP contribution in [-0.4, -0.2) is 89.6 Å². The molecule has 9 heteroatoms. The minimum absolute atomic E-state index is 0.0861. The number of ether oxygens (including phenoxy) is 4. The molecule has 0 amide bonds. The van der Waals surface area contributed by atoms with Gasteiger partial charge in [0.1, 0.15) is 30.5 Å². The molecular weight excluding hydrogens is 636 g/mol. The topological polar surface area (TPSA) is 135 Å². The van der Waals surface area contributed by atoms with Gasteiger partial charge in [-0.25, -0.2) is 0 Å². The van der Waals surface area contributed by atoms with Crippen molar-refractivity contribution in [1.82, 2.24) is 0 Å². The molecule has 0 spiro atoms. The normalized spacial score (nSPS) is 22.2. The molecule has 0 aromatic carbocycles. The monoisotopic (exact) mass is 707 g/mol. The van der Waals surface area contributed by atoms with Gasteiger partial charge in [0.25, 0.3) is 0 Å². The summed E-state index contributed by atoms with van der Waals surface area (Å²) < 4.78 is 22.6. The molecule has 1 saturated heterocycles. The Labute approximate surface area is 303 Å². The molecule has 9 nitrogen and oxygen atoms in total. The Morgan fingerprint density at radius 3 is 1.66 bits per heavy atom. The first-order valence-electron chi connectivity index (χ1n) is 19.4. The summed E-state index contributed by atoms with van der Waals surface area (Å²) in [6, 6.07) is 0. The van der Waals surface area contributed by atoms with E-state index in [-0.39, 0.29) is 19.6 Å². The van der Waals surface area contributed by atoms with Crippen molar-refractivity contribution < 1.29 is 44.2 Å². The molecule has 4 N–H and O–H groups in total. The minimum atomic E-state index is -1.55. The maximum Gasteiger partial charge on any atom is 0.310 e. The highest BCUT2D eigenvalue weighted by Gasteiger charge is 2.44. The number of unbranched alkanes of at least 4 members (excludes halogenated alkanes) is 11. The molecule has 1 aliphatic rings.